The number of aliphatic hydroxyl groups is 1. The minimum absolute atomic E-state index is 0.0241. The number of rotatable bonds is 9. The van der Waals surface area contributed by atoms with Gasteiger partial charge in [0, 0.05) is 0 Å². The molecule has 1 aromatic rings. The van der Waals surface area contributed by atoms with Crippen molar-refractivity contribution in [3.8, 4) is 0 Å². The predicted molar refractivity (Wildman–Crippen MR) is 103 cm³/mol. The van der Waals surface area contributed by atoms with Crippen LogP contribution < -0.4 is 0 Å². The molecule has 0 aliphatic heterocycles. The first-order chi connectivity index (χ1) is 12.5. The van der Waals surface area contributed by atoms with Crippen molar-refractivity contribution in [3.63, 3.8) is 0 Å². The third-order valence-corrected chi connectivity index (χ3v) is 3.89. The van der Waals surface area contributed by atoms with Crippen LogP contribution >= 0.6 is 0 Å². The lowest BCUT2D eigenvalue weighted by Gasteiger charge is -2.24. The van der Waals surface area contributed by atoms with Crippen LogP contribution in [0.15, 0.2) is 30.4 Å². The molecule has 0 aliphatic carbocycles. The fraction of sp³-hybridized carbons (Fsp3) is 0.524. The summed E-state index contributed by atoms with van der Waals surface area (Å²) in [5.41, 5.74) is 2.91. The van der Waals surface area contributed by atoms with E-state index in [2.05, 4.69) is 32.0 Å². The Hall–Kier alpha value is -2.18. The number of aryl methyl sites for hydroxylation is 3. The van der Waals surface area contributed by atoms with E-state index < -0.39 is 29.7 Å². The lowest BCUT2D eigenvalue weighted by atomic mass is 10.0. The molecule has 6 nitrogen and oxygen atoms in total. The fourth-order valence-electron chi connectivity index (χ4n) is 2.34. The number of aliphatic hydroxyl groups excluding tert-OH is 1. The average molecular weight is 378 g/mol. The number of esters is 1. The maximum atomic E-state index is 11.8. The molecule has 1 rings (SSSR count). The Morgan fingerprint density at radius 2 is 1.81 bits per heavy atom. The molecule has 0 saturated heterocycles. The van der Waals surface area contributed by atoms with Crippen molar-refractivity contribution in [3.05, 3.63) is 47.0 Å². The number of aliphatic carboxylic acids is 1. The monoisotopic (exact) mass is 378 g/mol. The number of carbonyl (C=O) groups is 2. The molecule has 150 valence electrons. The summed E-state index contributed by atoms with van der Waals surface area (Å²) in [6, 6.07) is 6.33. The molecule has 2 N–H and O–H groups in total. The zero-order chi connectivity index (χ0) is 20.6. The van der Waals surface area contributed by atoms with Gasteiger partial charge < -0.3 is 19.7 Å². The van der Waals surface area contributed by atoms with Gasteiger partial charge in [-0.1, -0.05) is 30.4 Å². The van der Waals surface area contributed by atoms with E-state index in [1.54, 1.807) is 26.8 Å². The third-order valence-electron chi connectivity index (χ3n) is 3.89. The largest absolute Gasteiger partial charge is 0.479 e. The zero-order valence-corrected chi connectivity index (χ0v) is 16.7. The van der Waals surface area contributed by atoms with Crippen LogP contribution in [-0.4, -0.2) is 46.6 Å². The Kier molecular flexibility index (Phi) is 8.66. The second-order valence-corrected chi connectivity index (χ2v) is 7.50. The Morgan fingerprint density at radius 1 is 1.15 bits per heavy atom. The lowest BCUT2D eigenvalue weighted by molar-refractivity contribution is -0.181. The van der Waals surface area contributed by atoms with E-state index in [0.717, 1.165) is 12.8 Å². The van der Waals surface area contributed by atoms with Gasteiger partial charge in [0.25, 0.3) is 0 Å². The summed E-state index contributed by atoms with van der Waals surface area (Å²) in [6.45, 7) is 9.01. The van der Waals surface area contributed by atoms with Crippen molar-refractivity contribution in [2.75, 3.05) is 6.61 Å². The molecule has 0 radical (unpaired) electrons. The zero-order valence-electron chi connectivity index (χ0n) is 16.7. The molecule has 0 heterocycles. The second kappa shape index (κ2) is 10.2. The van der Waals surface area contributed by atoms with Crippen LogP contribution in [0.4, 0.5) is 0 Å². The van der Waals surface area contributed by atoms with E-state index in [0.29, 0.717) is 0 Å². The van der Waals surface area contributed by atoms with E-state index >= 15 is 0 Å². The standard InChI is InChI=1S/C21H30O6/c1-14-10-11-16(13-15(14)2)9-7-6-8-12-26-18(19(23)24)17(22)20(25)27-21(3,4)5/h6,8,10-11,13,17-18,22H,7,9,12H2,1-5H3,(H,23,24)/t17-,18-/m1/s1. The van der Waals surface area contributed by atoms with Gasteiger partial charge in [-0.3, -0.25) is 0 Å². The molecule has 0 spiro atoms. The van der Waals surface area contributed by atoms with Crippen LogP contribution in [0.2, 0.25) is 0 Å². The first kappa shape index (κ1) is 22.9. The van der Waals surface area contributed by atoms with Gasteiger partial charge in [0.05, 0.1) is 6.61 Å². The van der Waals surface area contributed by atoms with E-state index in [9.17, 15) is 19.8 Å². The summed E-state index contributed by atoms with van der Waals surface area (Å²) in [5.74, 6) is -2.44. The number of carboxylic acid groups (broad SMARTS) is 1. The number of benzene rings is 1. The molecule has 1 aromatic carbocycles. The van der Waals surface area contributed by atoms with Gasteiger partial charge in [0.15, 0.2) is 12.2 Å². The highest BCUT2D eigenvalue weighted by atomic mass is 16.6. The van der Waals surface area contributed by atoms with Gasteiger partial charge in [0.2, 0.25) is 0 Å². The highest BCUT2D eigenvalue weighted by molar-refractivity contribution is 5.84. The summed E-state index contributed by atoms with van der Waals surface area (Å²) in [7, 11) is 0. The molecule has 0 bridgehead atoms. The Bertz CT molecular complexity index is 672. The molecule has 0 saturated carbocycles. The molecule has 0 unspecified atom stereocenters. The first-order valence-electron chi connectivity index (χ1n) is 8.97. The lowest BCUT2D eigenvalue weighted by Crippen LogP contribution is -2.44. The Morgan fingerprint density at radius 3 is 2.37 bits per heavy atom. The summed E-state index contributed by atoms with van der Waals surface area (Å²) in [5, 5.41) is 19.1. The van der Waals surface area contributed by atoms with Gasteiger partial charge in [-0.05, 0) is 64.2 Å². The third kappa shape index (κ3) is 8.37. The maximum Gasteiger partial charge on any atom is 0.338 e. The average Bonchev–Trinajstić information content (AvgIpc) is 2.54. The summed E-state index contributed by atoms with van der Waals surface area (Å²) in [4.78, 5) is 23.1. The highest BCUT2D eigenvalue weighted by Crippen LogP contribution is 2.13. The summed E-state index contributed by atoms with van der Waals surface area (Å²) < 4.78 is 10.1. The molecule has 0 aliphatic rings. The molecular formula is C21H30O6. The van der Waals surface area contributed by atoms with Gasteiger partial charge in [-0.15, -0.1) is 0 Å². The summed E-state index contributed by atoms with van der Waals surface area (Å²) >= 11 is 0. The molecule has 27 heavy (non-hydrogen) atoms. The van der Waals surface area contributed by atoms with Crippen LogP contribution in [0.5, 0.6) is 0 Å². The highest BCUT2D eigenvalue weighted by Gasteiger charge is 2.35. The molecule has 0 aromatic heterocycles. The first-order valence-corrected chi connectivity index (χ1v) is 8.97. The van der Waals surface area contributed by atoms with Gasteiger partial charge in [0.1, 0.15) is 5.60 Å². The Labute approximate surface area is 160 Å². The van der Waals surface area contributed by atoms with E-state index in [1.807, 2.05) is 6.08 Å². The van der Waals surface area contributed by atoms with E-state index in [-0.39, 0.29) is 6.61 Å². The van der Waals surface area contributed by atoms with Crippen molar-refractivity contribution in [2.24, 2.45) is 0 Å². The number of hydrogen-bond acceptors (Lipinski definition) is 5. The normalized spacial score (nSPS) is 14.1. The smallest absolute Gasteiger partial charge is 0.338 e. The SMILES string of the molecule is Cc1ccc(CCC=CCO[C@@H](C(=O)O)[C@@H](O)C(=O)OC(C)(C)C)cc1C. The molecule has 6 heteroatoms. The minimum atomic E-state index is -1.88. The van der Waals surface area contributed by atoms with Crippen molar-refractivity contribution >= 4 is 11.9 Å². The van der Waals surface area contributed by atoms with Crippen molar-refractivity contribution in [1.82, 2.24) is 0 Å². The number of carbonyl (C=O) groups excluding carboxylic acids is 1. The van der Waals surface area contributed by atoms with Crippen molar-refractivity contribution in [1.29, 1.82) is 0 Å². The second-order valence-electron chi connectivity index (χ2n) is 7.50. The van der Waals surface area contributed by atoms with E-state index in [4.69, 9.17) is 9.47 Å². The number of allylic oxidation sites excluding steroid dienone is 1. The minimum Gasteiger partial charge on any atom is -0.479 e. The molecule has 2 atom stereocenters. The predicted octanol–water partition coefficient (Wildman–Crippen LogP) is 2.96. The van der Waals surface area contributed by atoms with Crippen molar-refractivity contribution in [2.45, 2.75) is 65.3 Å². The van der Waals surface area contributed by atoms with Crippen LogP contribution in [0.1, 0.15) is 43.9 Å². The van der Waals surface area contributed by atoms with Crippen LogP contribution in [-0.2, 0) is 25.5 Å². The fourth-order valence-corrected chi connectivity index (χ4v) is 2.34. The van der Waals surface area contributed by atoms with Crippen LogP contribution in [0.25, 0.3) is 0 Å². The molecule has 0 amide bonds. The van der Waals surface area contributed by atoms with Crippen molar-refractivity contribution < 1.29 is 29.3 Å². The topological polar surface area (TPSA) is 93.1 Å². The number of hydrogen-bond donors (Lipinski definition) is 2. The van der Waals surface area contributed by atoms with Crippen LogP contribution in [0.3, 0.4) is 0 Å². The Balaban J connectivity index is 2.47. The summed E-state index contributed by atoms with van der Waals surface area (Å²) in [6.07, 6.45) is 1.64. The maximum absolute atomic E-state index is 11.8. The van der Waals surface area contributed by atoms with Gasteiger partial charge >= 0.3 is 11.9 Å². The number of carboxylic acids is 1. The number of ether oxygens (including phenoxy) is 2. The quantitative estimate of drug-likeness (QED) is 0.507. The van der Waals surface area contributed by atoms with Gasteiger partial charge in [-0.2, -0.15) is 0 Å². The van der Waals surface area contributed by atoms with Gasteiger partial charge in [-0.25, -0.2) is 9.59 Å². The van der Waals surface area contributed by atoms with Crippen LogP contribution in [0, 0.1) is 13.8 Å². The van der Waals surface area contributed by atoms with E-state index in [1.165, 1.54) is 16.7 Å². The molecular weight excluding hydrogens is 348 g/mol. The molecule has 0 fully saturated rings.